The Balaban J connectivity index is 2.77. The van der Waals surface area contributed by atoms with Crippen molar-refractivity contribution in [2.24, 2.45) is 0 Å². The predicted molar refractivity (Wildman–Crippen MR) is 58.8 cm³/mol. The van der Waals surface area contributed by atoms with Gasteiger partial charge in [0.05, 0.1) is 24.9 Å². The predicted octanol–water partition coefficient (Wildman–Crippen LogP) is 0.227. The minimum absolute atomic E-state index is 0.0295. The fourth-order valence-electron chi connectivity index (χ4n) is 2.33. The van der Waals surface area contributed by atoms with Gasteiger partial charge in [-0.3, -0.25) is 4.90 Å². The van der Waals surface area contributed by atoms with Gasteiger partial charge in [-0.2, -0.15) is 0 Å². The van der Waals surface area contributed by atoms with Crippen molar-refractivity contribution in [2.45, 2.75) is 51.0 Å². The van der Waals surface area contributed by atoms with Gasteiger partial charge >= 0.3 is 0 Å². The normalized spacial score (nSPS) is 34.4. The highest BCUT2D eigenvalue weighted by molar-refractivity contribution is 4.94. The van der Waals surface area contributed by atoms with Crippen molar-refractivity contribution in [3.05, 3.63) is 0 Å². The van der Waals surface area contributed by atoms with Gasteiger partial charge in [-0.1, -0.05) is 0 Å². The van der Waals surface area contributed by atoms with E-state index in [-0.39, 0.29) is 24.3 Å². The van der Waals surface area contributed by atoms with Gasteiger partial charge in [0.2, 0.25) is 0 Å². The third-order valence-corrected chi connectivity index (χ3v) is 3.18. The van der Waals surface area contributed by atoms with Gasteiger partial charge < -0.3 is 14.9 Å². The number of piperidine rings is 1. The average molecular weight is 217 g/mol. The molecule has 0 saturated carbocycles. The SMILES string of the molecule is CO[C@@H]1CCN(C(C)(C)C)[C@H](CO)[C@H]1O. The van der Waals surface area contributed by atoms with Crippen LogP contribution in [0.15, 0.2) is 0 Å². The molecular formula is C11H23NO3. The lowest BCUT2D eigenvalue weighted by molar-refractivity contribution is -0.125. The summed E-state index contributed by atoms with van der Waals surface area (Å²) in [6, 6.07) is -0.219. The minimum Gasteiger partial charge on any atom is -0.395 e. The van der Waals surface area contributed by atoms with Crippen LogP contribution >= 0.6 is 0 Å². The van der Waals surface area contributed by atoms with Gasteiger partial charge in [0.1, 0.15) is 0 Å². The van der Waals surface area contributed by atoms with Gasteiger partial charge in [0.25, 0.3) is 0 Å². The van der Waals surface area contributed by atoms with E-state index in [4.69, 9.17) is 4.74 Å². The molecule has 0 aromatic heterocycles. The summed E-state index contributed by atoms with van der Waals surface area (Å²) in [7, 11) is 1.61. The highest BCUT2D eigenvalue weighted by Crippen LogP contribution is 2.27. The fourth-order valence-corrected chi connectivity index (χ4v) is 2.33. The Morgan fingerprint density at radius 2 is 2.00 bits per heavy atom. The summed E-state index contributed by atoms with van der Waals surface area (Å²) in [5.74, 6) is 0. The molecule has 1 rings (SSSR count). The third-order valence-electron chi connectivity index (χ3n) is 3.18. The fraction of sp³-hybridized carbons (Fsp3) is 1.00. The van der Waals surface area contributed by atoms with Gasteiger partial charge in [0.15, 0.2) is 0 Å². The Hall–Kier alpha value is -0.160. The van der Waals surface area contributed by atoms with Crippen LogP contribution in [0.25, 0.3) is 0 Å². The van der Waals surface area contributed by atoms with E-state index in [2.05, 4.69) is 25.7 Å². The van der Waals surface area contributed by atoms with E-state index in [0.29, 0.717) is 0 Å². The first-order valence-corrected chi connectivity index (χ1v) is 5.50. The minimum atomic E-state index is -0.604. The van der Waals surface area contributed by atoms with E-state index in [1.807, 2.05) is 0 Å². The quantitative estimate of drug-likeness (QED) is 0.695. The van der Waals surface area contributed by atoms with Crippen molar-refractivity contribution in [3.63, 3.8) is 0 Å². The molecule has 0 unspecified atom stereocenters. The number of rotatable bonds is 2. The second kappa shape index (κ2) is 4.78. The summed E-state index contributed by atoms with van der Waals surface area (Å²) in [5.41, 5.74) is -0.0346. The van der Waals surface area contributed by atoms with E-state index in [9.17, 15) is 10.2 Å². The molecule has 4 heteroatoms. The lowest BCUT2D eigenvalue weighted by Gasteiger charge is -2.48. The summed E-state index contributed by atoms with van der Waals surface area (Å²) in [4.78, 5) is 2.15. The maximum Gasteiger partial charge on any atom is 0.0979 e. The number of methoxy groups -OCH3 is 1. The summed E-state index contributed by atoms with van der Waals surface area (Å²) in [6.07, 6.45) is 0.0551. The lowest BCUT2D eigenvalue weighted by atomic mass is 9.91. The zero-order valence-electron chi connectivity index (χ0n) is 10.1. The summed E-state index contributed by atoms with van der Waals surface area (Å²) in [6.45, 7) is 7.10. The molecule has 0 aromatic carbocycles. The first-order valence-electron chi connectivity index (χ1n) is 5.50. The number of hydrogen-bond donors (Lipinski definition) is 2. The Bertz CT molecular complexity index is 202. The molecule has 0 aromatic rings. The van der Waals surface area contributed by atoms with E-state index in [0.717, 1.165) is 13.0 Å². The monoisotopic (exact) mass is 217 g/mol. The van der Waals surface area contributed by atoms with Crippen molar-refractivity contribution in [3.8, 4) is 0 Å². The average Bonchev–Trinajstić information content (AvgIpc) is 2.15. The van der Waals surface area contributed by atoms with Gasteiger partial charge in [-0.25, -0.2) is 0 Å². The van der Waals surface area contributed by atoms with Crippen molar-refractivity contribution >= 4 is 0 Å². The Morgan fingerprint density at radius 1 is 1.40 bits per heavy atom. The standard InChI is InChI=1S/C11H23NO3/c1-11(2,3)12-6-5-9(15-4)10(14)8(12)7-13/h8-10,13-14H,5-7H2,1-4H3/t8-,9-,10-/m1/s1. The topological polar surface area (TPSA) is 52.9 Å². The first kappa shape index (κ1) is 12.9. The van der Waals surface area contributed by atoms with Gasteiger partial charge in [-0.15, -0.1) is 0 Å². The molecule has 0 spiro atoms. The Labute approximate surface area is 91.8 Å². The highest BCUT2D eigenvalue weighted by Gasteiger charge is 2.40. The maximum absolute atomic E-state index is 10.0. The molecule has 15 heavy (non-hydrogen) atoms. The van der Waals surface area contributed by atoms with Crippen molar-refractivity contribution in [2.75, 3.05) is 20.3 Å². The summed E-state index contributed by atoms with van der Waals surface area (Å²) in [5, 5.41) is 19.4. The molecule has 1 fully saturated rings. The molecule has 90 valence electrons. The zero-order chi connectivity index (χ0) is 11.6. The summed E-state index contributed by atoms with van der Waals surface area (Å²) < 4.78 is 5.21. The molecule has 0 radical (unpaired) electrons. The van der Waals surface area contributed by atoms with Crippen molar-refractivity contribution in [1.29, 1.82) is 0 Å². The lowest BCUT2D eigenvalue weighted by Crippen LogP contribution is -2.62. The van der Waals surface area contributed by atoms with Crippen LogP contribution in [0.1, 0.15) is 27.2 Å². The van der Waals surface area contributed by atoms with Crippen LogP contribution in [0.3, 0.4) is 0 Å². The molecule has 0 amide bonds. The van der Waals surface area contributed by atoms with E-state index >= 15 is 0 Å². The van der Waals surface area contributed by atoms with Crippen LogP contribution in [-0.2, 0) is 4.74 Å². The molecule has 0 aliphatic carbocycles. The number of hydrogen-bond acceptors (Lipinski definition) is 4. The van der Waals surface area contributed by atoms with Crippen LogP contribution < -0.4 is 0 Å². The second-order valence-electron chi connectivity index (χ2n) is 5.17. The molecule has 1 heterocycles. The van der Waals surface area contributed by atoms with Crippen LogP contribution in [-0.4, -0.2) is 59.2 Å². The molecule has 1 aliphatic rings. The number of nitrogens with zero attached hydrogens (tertiary/aromatic N) is 1. The Morgan fingerprint density at radius 3 is 2.40 bits per heavy atom. The van der Waals surface area contributed by atoms with Gasteiger partial charge in [0, 0.05) is 19.2 Å². The molecule has 4 nitrogen and oxygen atoms in total. The molecule has 1 aliphatic heterocycles. The molecule has 1 saturated heterocycles. The maximum atomic E-state index is 10.0. The Kier molecular flexibility index (Phi) is 4.12. The first-order chi connectivity index (χ1) is 6.91. The smallest absolute Gasteiger partial charge is 0.0979 e. The second-order valence-corrected chi connectivity index (χ2v) is 5.17. The van der Waals surface area contributed by atoms with Crippen LogP contribution in [0, 0.1) is 0 Å². The number of ether oxygens (including phenoxy) is 1. The van der Waals surface area contributed by atoms with Crippen LogP contribution in [0.2, 0.25) is 0 Å². The zero-order valence-corrected chi connectivity index (χ0v) is 10.1. The molecule has 0 bridgehead atoms. The molecule has 2 N–H and O–H groups in total. The number of aliphatic hydroxyl groups excluding tert-OH is 2. The van der Waals surface area contributed by atoms with Crippen LogP contribution in [0.4, 0.5) is 0 Å². The number of likely N-dealkylation sites (tertiary alicyclic amines) is 1. The summed E-state index contributed by atoms with van der Waals surface area (Å²) >= 11 is 0. The molecule has 3 atom stereocenters. The van der Waals surface area contributed by atoms with Crippen molar-refractivity contribution < 1.29 is 14.9 Å². The van der Waals surface area contributed by atoms with Crippen molar-refractivity contribution in [1.82, 2.24) is 4.90 Å². The van der Waals surface area contributed by atoms with E-state index < -0.39 is 6.10 Å². The molecular weight excluding hydrogens is 194 g/mol. The van der Waals surface area contributed by atoms with Crippen LogP contribution in [0.5, 0.6) is 0 Å². The van der Waals surface area contributed by atoms with E-state index in [1.54, 1.807) is 7.11 Å². The van der Waals surface area contributed by atoms with Gasteiger partial charge in [-0.05, 0) is 27.2 Å². The number of aliphatic hydroxyl groups is 2. The highest BCUT2D eigenvalue weighted by atomic mass is 16.5. The third kappa shape index (κ3) is 2.69. The van der Waals surface area contributed by atoms with E-state index in [1.165, 1.54) is 0 Å². The largest absolute Gasteiger partial charge is 0.395 e.